The molecule has 1 aliphatic carbocycles. The summed E-state index contributed by atoms with van der Waals surface area (Å²) in [7, 11) is 0. The molecule has 1 aliphatic heterocycles. The van der Waals surface area contributed by atoms with Crippen molar-refractivity contribution in [2.75, 3.05) is 13.2 Å². The molecule has 2 heterocycles. The minimum absolute atomic E-state index is 0.0289. The number of aromatic nitrogens is 2. The van der Waals surface area contributed by atoms with Crippen molar-refractivity contribution < 1.29 is 27.4 Å². The van der Waals surface area contributed by atoms with Gasteiger partial charge in [0.2, 0.25) is 5.91 Å². The Bertz CT molecular complexity index is 638. The lowest BCUT2D eigenvalue weighted by Crippen LogP contribution is -2.52. The first-order valence-electron chi connectivity index (χ1n) is 7.89. The van der Waals surface area contributed by atoms with Crippen LogP contribution in [0, 0.1) is 11.8 Å². The largest absolute Gasteiger partial charge is 0.391 e. The molecule has 2 atom stereocenters. The highest BCUT2D eigenvalue weighted by Gasteiger charge is 2.56. The zero-order valence-corrected chi connectivity index (χ0v) is 13.9. The van der Waals surface area contributed by atoms with E-state index in [1.54, 1.807) is 0 Å². The van der Waals surface area contributed by atoms with E-state index in [4.69, 9.17) is 21.1 Å². The molecule has 6 nitrogen and oxygen atoms in total. The van der Waals surface area contributed by atoms with Gasteiger partial charge in [-0.25, -0.2) is 4.98 Å². The Kier molecular flexibility index (Phi) is 5.17. The first kappa shape index (κ1) is 18.3. The van der Waals surface area contributed by atoms with E-state index >= 15 is 0 Å². The fourth-order valence-corrected chi connectivity index (χ4v) is 3.49. The molecule has 1 saturated carbocycles. The third-order valence-electron chi connectivity index (χ3n) is 4.60. The Hall–Kier alpha value is -1.45. The van der Waals surface area contributed by atoms with Crippen LogP contribution in [0.3, 0.4) is 0 Å². The summed E-state index contributed by atoms with van der Waals surface area (Å²) >= 11 is 5.87. The number of hydrogen-bond donors (Lipinski definition) is 1. The van der Waals surface area contributed by atoms with Gasteiger partial charge in [0.1, 0.15) is 0 Å². The molecule has 0 radical (unpaired) electrons. The molecule has 1 saturated heterocycles. The predicted molar refractivity (Wildman–Crippen MR) is 80.4 cm³/mol. The summed E-state index contributed by atoms with van der Waals surface area (Å²) in [6, 6.07) is 0. The summed E-state index contributed by atoms with van der Waals surface area (Å²) in [5.41, 5.74) is 0.336. The Balaban J connectivity index is 1.73. The van der Waals surface area contributed by atoms with Gasteiger partial charge in [0.15, 0.2) is 10.9 Å². The molecule has 2 unspecified atom stereocenters. The molecule has 0 bridgehead atoms. The molecule has 138 valence electrons. The maximum atomic E-state index is 13.1. The fourth-order valence-electron chi connectivity index (χ4n) is 3.31. The molecule has 1 amide bonds. The number of nitrogens with zero attached hydrogens (tertiary/aromatic N) is 2. The van der Waals surface area contributed by atoms with Crippen LogP contribution in [0.2, 0.25) is 5.15 Å². The van der Waals surface area contributed by atoms with Crippen LogP contribution in [-0.2, 0) is 20.8 Å². The zero-order chi connectivity index (χ0) is 18.1. The van der Waals surface area contributed by atoms with Crippen molar-refractivity contribution in [2.24, 2.45) is 11.8 Å². The topological polar surface area (TPSA) is 73.3 Å². The summed E-state index contributed by atoms with van der Waals surface area (Å²) < 4.78 is 50.4. The average Bonchev–Trinajstić information content (AvgIpc) is 3.02. The van der Waals surface area contributed by atoms with Crippen LogP contribution in [0.1, 0.15) is 25.0 Å². The Labute approximate surface area is 147 Å². The standard InChI is InChI=1S/C15H17ClF3N3O3/c16-12-11(20-3-4-21-12)8-22-13(23)10-7-9(15(17,18)19)1-2-14(10)24-5-6-25-14/h3-4,9-10H,1-2,5-8H2,(H,22,23). The third kappa shape index (κ3) is 3.88. The molecule has 3 rings (SSSR count). The second kappa shape index (κ2) is 7.05. The number of carbonyl (C=O) groups is 1. The lowest BCUT2D eigenvalue weighted by molar-refractivity contribution is -0.248. The van der Waals surface area contributed by atoms with Crippen molar-refractivity contribution in [3.8, 4) is 0 Å². The molecule has 1 aromatic heterocycles. The first-order valence-corrected chi connectivity index (χ1v) is 8.27. The first-order chi connectivity index (χ1) is 11.8. The van der Waals surface area contributed by atoms with E-state index in [1.165, 1.54) is 12.4 Å². The summed E-state index contributed by atoms with van der Waals surface area (Å²) in [4.78, 5) is 20.4. The minimum atomic E-state index is -4.35. The second-order valence-electron chi connectivity index (χ2n) is 6.09. The average molecular weight is 380 g/mol. The maximum absolute atomic E-state index is 13.1. The monoisotopic (exact) mass is 379 g/mol. The predicted octanol–water partition coefficient (Wildman–Crippen LogP) is 2.47. The molecule has 10 heteroatoms. The van der Waals surface area contributed by atoms with Crippen molar-refractivity contribution in [3.63, 3.8) is 0 Å². The van der Waals surface area contributed by atoms with E-state index in [0.717, 1.165) is 0 Å². The number of alkyl halides is 3. The molecular weight excluding hydrogens is 363 g/mol. The number of amides is 1. The van der Waals surface area contributed by atoms with E-state index in [9.17, 15) is 18.0 Å². The van der Waals surface area contributed by atoms with Gasteiger partial charge in [-0.15, -0.1) is 0 Å². The van der Waals surface area contributed by atoms with Gasteiger partial charge in [-0.3, -0.25) is 9.78 Å². The molecule has 2 aliphatic rings. The van der Waals surface area contributed by atoms with Gasteiger partial charge in [0, 0.05) is 18.8 Å². The quantitative estimate of drug-likeness (QED) is 0.873. The number of halogens is 4. The smallest absolute Gasteiger partial charge is 0.350 e. The number of hydrogen-bond acceptors (Lipinski definition) is 5. The normalized spacial score (nSPS) is 25.9. The number of rotatable bonds is 3. The van der Waals surface area contributed by atoms with E-state index in [0.29, 0.717) is 5.69 Å². The summed E-state index contributed by atoms with van der Waals surface area (Å²) in [5.74, 6) is -4.46. The molecular formula is C15H17ClF3N3O3. The molecule has 25 heavy (non-hydrogen) atoms. The molecule has 1 N–H and O–H groups in total. The molecule has 2 fully saturated rings. The van der Waals surface area contributed by atoms with Gasteiger partial charge in [-0.2, -0.15) is 13.2 Å². The van der Waals surface area contributed by atoms with Gasteiger partial charge >= 0.3 is 6.18 Å². The van der Waals surface area contributed by atoms with Crippen LogP contribution < -0.4 is 5.32 Å². The fraction of sp³-hybridized carbons (Fsp3) is 0.667. The zero-order valence-electron chi connectivity index (χ0n) is 13.2. The van der Waals surface area contributed by atoms with E-state index in [1.807, 2.05) is 0 Å². The van der Waals surface area contributed by atoms with Crippen LogP contribution in [0.5, 0.6) is 0 Å². The Morgan fingerprint density at radius 2 is 2.00 bits per heavy atom. The minimum Gasteiger partial charge on any atom is -0.350 e. The SMILES string of the molecule is O=C(NCc1nccnc1Cl)C1CC(C(F)(F)F)CCC12OCCO2. The summed E-state index contributed by atoms with van der Waals surface area (Å²) in [5, 5.41) is 2.71. The lowest BCUT2D eigenvalue weighted by Gasteiger charge is -2.41. The van der Waals surface area contributed by atoms with Crippen LogP contribution >= 0.6 is 11.6 Å². The van der Waals surface area contributed by atoms with Crippen LogP contribution in [0.4, 0.5) is 13.2 Å². The third-order valence-corrected chi connectivity index (χ3v) is 4.92. The molecule has 1 aromatic rings. The van der Waals surface area contributed by atoms with Crippen molar-refractivity contribution in [2.45, 2.75) is 37.8 Å². The van der Waals surface area contributed by atoms with Crippen LogP contribution in [-0.4, -0.2) is 41.1 Å². The van der Waals surface area contributed by atoms with Crippen molar-refractivity contribution in [3.05, 3.63) is 23.2 Å². The number of ether oxygens (including phenoxy) is 2. The Morgan fingerprint density at radius 1 is 1.32 bits per heavy atom. The van der Waals surface area contributed by atoms with Crippen LogP contribution in [0.15, 0.2) is 12.4 Å². The molecule has 0 aromatic carbocycles. The highest BCUT2D eigenvalue weighted by molar-refractivity contribution is 6.29. The Morgan fingerprint density at radius 3 is 2.64 bits per heavy atom. The van der Waals surface area contributed by atoms with E-state index in [-0.39, 0.29) is 44.2 Å². The van der Waals surface area contributed by atoms with Gasteiger partial charge in [0.05, 0.1) is 37.3 Å². The van der Waals surface area contributed by atoms with Gasteiger partial charge in [-0.1, -0.05) is 11.6 Å². The van der Waals surface area contributed by atoms with E-state index in [2.05, 4.69) is 15.3 Å². The summed E-state index contributed by atoms with van der Waals surface area (Å²) in [6.07, 6.45) is -2.00. The van der Waals surface area contributed by atoms with Gasteiger partial charge < -0.3 is 14.8 Å². The molecule has 1 spiro atoms. The number of carbonyl (C=O) groups excluding carboxylic acids is 1. The van der Waals surface area contributed by atoms with Crippen molar-refractivity contribution >= 4 is 17.5 Å². The van der Waals surface area contributed by atoms with Gasteiger partial charge in [-0.05, 0) is 12.8 Å². The van der Waals surface area contributed by atoms with Crippen molar-refractivity contribution in [1.82, 2.24) is 15.3 Å². The van der Waals surface area contributed by atoms with Gasteiger partial charge in [0.25, 0.3) is 0 Å². The number of nitrogens with one attached hydrogen (secondary N) is 1. The second-order valence-corrected chi connectivity index (χ2v) is 6.44. The maximum Gasteiger partial charge on any atom is 0.391 e. The highest BCUT2D eigenvalue weighted by atomic mass is 35.5. The lowest BCUT2D eigenvalue weighted by atomic mass is 9.76. The van der Waals surface area contributed by atoms with Crippen LogP contribution in [0.25, 0.3) is 0 Å². The summed E-state index contributed by atoms with van der Waals surface area (Å²) in [6.45, 7) is 0.488. The van der Waals surface area contributed by atoms with E-state index < -0.39 is 29.7 Å². The van der Waals surface area contributed by atoms with Crippen molar-refractivity contribution in [1.29, 1.82) is 0 Å². The highest BCUT2D eigenvalue weighted by Crippen LogP contribution is 2.47.